The van der Waals surface area contributed by atoms with Crippen molar-refractivity contribution < 1.29 is 14.6 Å². The summed E-state index contributed by atoms with van der Waals surface area (Å²) in [4.78, 5) is 0. The monoisotopic (exact) mass is 210 g/mol. The molecule has 2 rings (SSSR count). The molecule has 3 heteroatoms. The van der Waals surface area contributed by atoms with E-state index in [2.05, 4.69) is 0 Å². The second-order valence-corrected chi connectivity index (χ2v) is 4.34. The first-order valence-electron chi connectivity index (χ1n) is 5.27. The van der Waals surface area contributed by atoms with Gasteiger partial charge in [0.05, 0.1) is 5.60 Å². The molecule has 0 atom stereocenters. The van der Waals surface area contributed by atoms with Gasteiger partial charge in [-0.2, -0.15) is 0 Å². The maximum absolute atomic E-state index is 13.3. The second-order valence-electron chi connectivity index (χ2n) is 4.34. The Labute approximate surface area is 88.4 Å². The van der Waals surface area contributed by atoms with E-state index in [-0.39, 0.29) is 5.75 Å². The van der Waals surface area contributed by atoms with Crippen LogP contribution in [-0.2, 0) is 12.8 Å². The molecule has 1 fully saturated rings. The van der Waals surface area contributed by atoms with Crippen LogP contribution in [0.1, 0.15) is 30.9 Å². The quantitative estimate of drug-likeness (QED) is 0.802. The zero-order valence-corrected chi connectivity index (χ0v) is 8.76. The summed E-state index contributed by atoms with van der Waals surface area (Å²) in [7, 11) is 0. The van der Waals surface area contributed by atoms with Crippen LogP contribution in [0.15, 0.2) is 12.1 Å². The number of hydrogen-bond donors (Lipinski definition) is 2. The third-order valence-electron chi connectivity index (χ3n) is 2.96. The molecule has 0 unspecified atom stereocenters. The van der Waals surface area contributed by atoms with Crippen molar-refractivity contribution in [2.24, 2.45) is 0 Å². The molecular formula is C12H15FO2. The minimum absolute atomic E-state index is 0.312. The third kappa shape index (κ3) is 2.12. The number of rotatable bonds is 3. The first kappa shape index (κ1) is 10.4. The molecule has 0 heterocycles. The lowest BCUT2D eigenvalue weighted by Gasteiger charge is -2.11. The molecule has 2 nitrogen and oxygen atoms in total. The fourth-order valence-electron chi connectivity index (χ4n) is 1.73. The van der Waals surface area contributed by atoms with E-state index in [0.717, 1.165) is 24.8 Å². The number of phenols is 1. The maximum Gasteiger partial charge on any atom is 0.165 e. The first-order chi connectivity index (χ1) is 7.04. The van der Waals surface area contributed by atoms with Gasteiger partial charge in [0, 0.05) is 12.0 Å². The summed E-state index contributed by atoms with van der Waals surface area (Å²) in [5, 5.41) is 19.3. The highest BCUT2D eigenvalue weighted by molar-refractivity contribution is 5.39. The molecule has 0 spiro atoms. The average molecular weight is 210 g/mol. The molecule has 82 valence electrons. The summed E-state index contributed by atoms with van der Waals surface area (Å²) in [5.74, 6) is -0.902. The molecule has 2 N–H and O–H groups in total. The molecule has 0 radical (unpaired) electrons. The van der Waals surface area contributed by atoms with Crippen molar-refractivity contribution in [1.29, 1.82) is 0 Å². The highest BCUT2D eigenvalue weighted by Crippen LogP contribution is 2.40. The maximum atomic E-state index is 13.3. The molecule has 0 bridgehead atoms. The average Bonchev–Trinajstić information content (AvgIpc) is 2.91. The Balaban J connectivity index is 2.31. The van der Waals surface area contributed by atoms with E-state index in [1.54, 1.807) is 6.07 Å². The summed E-state index contributed by atoms with van der Waals surface area (Å²) >= 11 is 0. The summed E-state index contributed by atoms with van der Waals surface area (Å²) in [5.41, 5.74) is 0.674. The SMILES string of the molecule is CCc1cc(F)c(O)c(CC2(O)CC2)c1. The van der Waals surface area contributed by atoms with Gasteiger partial charge in [0.25, 0.3) is 0 Å². The van der Waals surface area contributed by atoms with Crippen molar-refractivity contribution in [2.75, 3.05) is 0 Å². The van der Waals surface area contributed by atoms with Gasteiger partial charge in [-0.3, -0.25) is 0 Å². The lowest BCUT2D eigenvalue weighted by atomic mass is 10.0. The Hall–Kier alpha value is -1.09. The molecule has 1 aromatic rings. The van der Waals surface area contributed by atoms with E-state index < -0.39 is 11.4 Å². The highest BCUT2D eigenvalue weighted by atomic mass is 19.1. The van der Waals surface area contributed by atoms with Gasteiger partial charge in [-0.1, -0.05) is 13.0 Å². The molecule has 0 aromatic heterocycles. The molecular weight excluding hydrogens is 195 g/mol. The summed E-state index contributed by atoms with van der Waals surface area (Å²) in [6.45, 7) is 1.93. The van der Waals surface area contributed by atoms with E-state index in [9.17, 15) is 14.6 Å². The van der Waals surface area contributed by atoms with Crippen LogP contribution < -0.4 is 0 Å². The second kappa shape index (κ2) is 3.49. The van der Waals surface area contributed by atoms with Crippen LogP contribution in [0.3, 0.4) is 0 Å². The lowest BCUT2D eigenvalue weighted by molar-refractivity contribution is 0.149. The van der Waals surface area contributed by atoms with Crippen LogP contribution in [0.25, 0.3) is 0 Å². The standard InChI is InChI=1S/C12H15FO2/c1-2-8-5-9(7-12(15)3-4-12)11(14)10(13)6-8/h5-6,14-15H,2-4,7H2,1H3. The number of aryl methyl sites for hydroxylation is 1. The van der Waals surface area contributed by atoms with Crippen molar-refractivity contribution in [3.63, 3.8) is 0 Å². The molecule has 1 aromatic carbocycles. The number of aromatic hydroxyl groups is 1. The summed E-state index contributed by atoms with van der Waals surface area (Å²) < 4.78 is 13.3. The third-order valence-corrected chi connectivity index (χ3v) is 2.96. The lowest BCUT2D eigenvalue weighted by Crippen LogP contribution is -2.11. The van der Waals surface area contributed by atoms with Crippen molar-refractivity contribution >= 4 is 0 Å². The highest BCUT2D eigenvalue weighted by Gasteiger charge is 2.40. The fraction of sp³-hybridized carbons (Fsp3) is 0.500. The Morgan fingerprint density at radius 3 is 2.60 bits per heavy atom. The summed E-state index contributed by atoms with van der Waals surface area (Å²) in [6, 6.07) is 3.12. The van der Waals surface area contributed by atoms with Crippen molar-refractivity contribution in [3.8, 4) is 5.75 Å². The molecule has 0 aliphatic heterocycles. The minimum Gasteiger partial charge on any atom is -0.505 e. The van der Waals surface area contributed by atoms with Crippen LogP contribution >= 0.6 is 0 Å². The van der Waals surface area contributed by atoms with Gasteiger partial charge in [-0.15, -0.1) is 0 Å². The van der Waals surface area contributed by atoms with E-state index in [1.165, 1.54) is 6.07 Å². The molecule has 1 saturated carbocycles. The number of halogens is 1. The van der Waals surface area contributed by atoms with Gasteiger partial charge in [0.15, 0.2) is 11.6 Å². The Morgan fingerprint density at radius 1 is 1.40 bits per heavy atom. The Kier molecular flexibility index (Phi) is 2.43. The van der Waals surface area contributed by atoms with Gasteiger partial charge < -0.3 is 10.2 Å². The van der Waals surface area contributed by atoms with Gasteiger partial charge in [-0.05, 0) is 30.9 Å². The number of benzene rings is 1. The normalized spacial score (nSPS) is 17.8. The number of phenolic OH excluding ortho intramolecular Hbond substituents is 1. The fourth-order valence-corrected chi connectivity index (χ4v) is 1.73. The van der Waals surface area contributed by atoms with E-state index in [0.29, 0.717) is 12.0 Å². The molecule has 1 aliphatic rings. The van der Waals surface area contributed by atoms with Crippen molar-refractivity contribution in [3.05, 3.63) is 29.1 Å². The molecule has 1 aliphatic carbocycles. The van der Waals surface area contributed by atoms with Crippen LogP contribution in [0.2, 0.25) is 0 Å². The minimum atomic E-state index is -0.698. The predicted molar refractivity (Wildman–Crippen MR) is 55.3 cm³/mol. The smallest absolute Gasteiger partial charge is 0.165 e. The zero-order chi connectivity index (χ0) is 11.1. The topological polar surface area (TPSA) is 40.5 Å². The van der Waals surface area contributed by atoms with Crippen LogP contribution in [0.4, 0.5) is 4.39 Å². The van der Waals surface area contributed by atoms with E-state index in [1.807, 2.05) is 6.92 Å². The summed E-state index contributed by atoms with van der Waals surface area (Å²) in [6.07, 6.45) is 2.56. The predicted octanol–water partition coefficient (Wildman–Crippen LogP) is 2.16. The molecule has 0 saturated heterocycles. The first-order valence-corrected chi connectivity index (χ1v) is 5.27. The van der Waals surface area contributed by atoms with Gasteiger partial charge in [0.1, 0.15) is 0 Å². The number of aliphatic hydroxyl groups is 1. The Bertz CT molecular complexity index is 383. The van der Waals surface area contributed by atoms with E-state index >= 15 is 0 Å². The largest absolute Gasteiger partial charge is 0.505 e. The van der Waals surface area contributed by atoms with Gasteiger partial charge in [0.2, 0.25) is 0 Å². The number of hydrogen-bond acceptors (Lipinski definition) is 2. The van der Waals surface area contributed by atoms with Gasteiger partial charge in [-0.25, -0.2) is 4.39 Å². The zero-order valence-electron chi connectivity index (χ0n) is 8.76. The van der Waals surface area contributed by atoms with Crippen molar-refractivity contribution in [1.82, 2.24) is 0 Å². The van der Waals surface area contributed by atoms with Crippen LogP contribution in [0.5, 0.6) is 5.75 Å². The Morgan fingerprint density at radius 2 is 2.07 bits per heavy atom. The van der Waals surface area contributed by atoms with E-state index in [4.69, 9.17) is 0 Å². The molecule has 0 amide bonds. The van der Waals surface area contributed by atoms with Crippen LogP contribution in [-0.4, -0.2) is 15.8 Å². The van der Waals surface area contributed by atoms with Crippen LogP contribution in [0, 0.1) is 5.82 Å². The van der Waals surface area contributed by atoms with Gasteiger partial charge >= 0.3 is 0 Å². The van der Waals surface area contributed by atoms with Crippen molar-refractivity contribution in [2.45, 2.75) is 38.2 Å². The molecule has 15 heavy (non-hydrogen) atoms.